The minimum Gasteiger partial charge on any atom is -0.325 e. The van der Waals surface area contributed by atoms with Gasteiger partial charge in [0.05, 0.1) is 16.9 Å². The Kier molecular flexibility index (Phi) is 6.81. The summed E-state index contributed by atoms with van der Waals surface area (Å²) in [4.78, 5) is 47.9. The molecule has 0 spiro atoms. The first-order valence-corrected chi connectivity index (χ1v) is 10.1. The van der Waals surface area contributed by atoms with Crippen LogP contribution in [-0.2, 0) is 9.59 Å². The average Bonchev–Trinajstić information content (AvgIpc) is 2.72. The highest BCUT2D eigenvalue weighted by Gasteiger charge is 2.15. The van der Waals surface area contributed by atoms with Crippen LogP contribution >= 0.6 is 11.8 Å². The van der Waals surface area contributed by atoms with Crippen molar-refractivity contribution >= 4 is 45.9 Å². The molecule has 3 rings (SSSR count). The number of nitrogens with zero attached hydrogens (tertiary/aromatic N) is 1. The number of rotatable bonds is 6. The summed E-state index contributed by atoms with van der Waals surface area (Å²) in [7, 11) is 0. The van der Waals surface area contributed by atoms with Crippen LogP contribution in [0.3, 0.4) is 0 Å². The standard InChI is InChI=1S/C20H19N5O4S/c1-12-5-4-6-13(9-12)21-16(26)10-30-11-17(27)22-25-20(29)18-14-7-2-3-8-15(14)19(28)24-23-18/h2-9H,10-11H2,1H3,(H,21,26)(H,22,27)(H,24,28)(H,25,29). The number of fused-ring (bicyclic) bond motifs is 1. The van der Waals surface area contributed by atoms with Gasteiger partial charge in [0, 0.05) is 11.1 Å². The Balaban J connectivity index is 1.46. The van der Waals surface area contributed by atoms with Crippen molar-refractivity contribution in [3.05, 3.63) is 70.1 Å². The molecule has 1 aromatic heterocycles. The van der Waals surface area contributed by atoms with Gasteiger partial charge in [-0.1, -0.05) is 30.3 Å². The zero-order valence-corrected chi connectivity index (χ0v) is 16.8. The topological polar surface area (TPSA) is 133 Å². The van der Waals surface area contributed by atoms with Crippen molar-refractivity contribution in [3.8, 4) is 0 Å². The Morgan fingerprint density at radius 1 is 0.967 bits per heavy atom. The molecule has 0 saturated carbocycles. The quantitative estimate of drug-likeness (QED) is 0.441. The van der Waals surface area contributed by atoms with Crippen LogP contribution in [0.15, 0.2) is 53.3 Å². The molecular weight excluding hydrogens is 406 g/mol. The summed E-state index contributed by atoms with van der Waals surface area (Å²) >= 11 is 1.11. The van der Waals surface area contributed by atoms with Crippen LogP contribution in [-0.4, -0.2) is 39.4 Å². The monoisotopic (exact) mass is 425 g/mol. The molecule has 0 aliphatic heterocycles. The Bertz CT molecular complexity index is 1160. The number of anilines is 1. The lowest BCUT2D eigenvalue weighted by molar-refractivity contribution is -0.119. The van der Waals surface area contributed by atoms with Crippen molar-refractivity contribution in [3.63, 3.8) is 0 Å². The molecule has 10 heteroatoms. The number of H-pyrrole nitrogens is 1. The lowest BCUT2D eigenvalue weighted by Gasteiger charge is -2.08. The van der Waals surface area contributed by atoms with Crippen molar-refractivity contribution in [1.29, 1.82) is 0 Å². The van der Waals surface area contributed by atoms with E-state index < -0.39 is 17.4 Å². The molecule has 154 valence electrons. The number of nitrogens with one attached hydrogen (secondary N) is 4. The van der Waals surface area contributed by atoms with Gasteiger partial charge in [-0.05, 0) is 30.7 Å². The first-order chi connectivity index (χ1) is 14.4. The van der Waals surface area contributed by atoms with Crippen LogP contribution < -0.4 is 21.7 Å². The fourth-order valence-corrected chi connectivity index (χ4v) is 3.28. The summed E-state index contributed by atoms with van der Waals surface area (Å²) in [6.45, 7) is 1.93. The Morgan fingerprint density at radius 3 is 2.47 bits per heavy atom. The van der Waals surface area contributed by atoms with Crippen LogP contribution in [0.5, 0.6) is 0 Å². The molecule has 9 nitrogen and oxygen atoms in total. The van der Waals surface area contributed by atoms with Gasteiger partial charge in [-0.25, -0.2) is 5.10 Å². The van der Waals surface area contributed by atoms with E-state index in [1.807, 2.05) is 25.1 Å². The molecule has 2 aromatic carbocycles. The lowest BCUT2D eigenvalue weighted by atomic mass is 10.1. The Morgan fingerprint density at radius 2 is 1.70 bits per heavy atom. The van der Waals surface area contributed by atoms with Crippen LogP contribution in [0, 0.1) is 6.92 Å². The Labute approximate surface area is 175 Å². The highest BCUT2D eigenvalue weighted by molar-refractivity contribution is 8.00. The normalized spacial score (nSPS) is 10.4. The van der Waals surface area contributed by atoms with Gasteiger partial charge >= 0.3 is 0 Å². The second-order valence-electron chi connectivity index (χ2n) is 6.36. The van der Waals surface area contributed by atoms with Gasteiger partial charge in [-0.15, -0.1) is 11.8 Å². The molecule has 0 aliphatic rings. The van der Waals surface area contributed by atoms with Crippen molar-refractivity contribution in [2.45, 2.75) is 6.92 Å². The number of aryl methyl sites for hydroxylation is 1. The van der Waals surface area contributed by atoms with Crippen LogP contribution in [0.2, 0.25) is 0 Å². The van der Waals surface area contributed by atoms with E-state index in [9.17, 15) is 19.2 Å². The maximum atomic E-state index is 12.3. The van der Waals surface area contributed by atoms with Crippen LogP contribution in [0.25, 0.3) is 10.8 Å². The summed E-state index contributed by atoms with van der Waals surface area (Å²) in [6, 6.07) is 13.9. The third-order valence-corrected chi connectivity index (χ3v) is 4.93. The number of hydrogen-bond acceptors (Lipinski definition) is 6. The smallest absolute Gasteiger partial charge is 0.290 e. The first-order valence-electron chi connectivity index (χ1n) is 8.95. The fourth-order valence-electron chi connectivity index (χ4n) is 2.67. The SMILES string of the molecule is Cc1cccc(NC(=O)CSCC(=O)NNC(=O)c2n[nH]c(=O)c3ccccc23)c1. The van der Waals surface area contributed by atoms with E-state index in [4.69, 9.17) is 0 Å². The van der Waals surface area contributed by atoms with E-state index in [1.54, 1.807) is 30.3 Å². The van der Waals surface area contributed by atoms with E-state index in [1.165, 1.54) is 0 Å². The van der Waals surface area contributed by atoms with Gasteiger partial charge in [0.1, 0.15) is 0 Å². The third-order valence-electron chi connectivity index (χ3n) is 3.99. The number of carbonyl (C=O) groups is 3. The molecular formula is C20H19N5O4S. The fraction of sp³-hybridized carbons (Fsp3) is 0.150. The summed E-state index contributed by atoms with van der Waals surface area (Å²) in [5.74, 6) is -1.32. The first kappa shape index (κ1) is 21.1. The van der Waals surface area contributed by atoms with Gasteiger partial charge in [0.15, 0.2) is 5.69 Å². The van der Waals surface area contributed by atoms with Gasteiger partial charge < -0.3 is 5.32 Å². The molecule has 4 N–H and O–H groups in total. The number of thioether (sulfide) groups is 1. The largest absolute Gasteiger partial charge is 0.325 e. The summed E-state index contributed by atoms with van der Waals surface area (Å²) in [6.07, 6.45) is 0. The van der Waals surface area contributed by atoms with E-state index in [0.29, 0.717) is 16.5 Å². The third kappa shape index (κ3) is 5.45. The molecule has 0 saturated heterocycles. The number of benzene rings is 2. The average molecular weight is 425 g/mol. The van der Waals surface area contributed by atoms with Crippen molar-refractivity contribution in [2.75, 3.05) is 16.8 Å². The molecule has 0 fully saturated rings. The number of hydrazine groups is 1. The molecule has 0 bridgehead atoms. The van der Waals surface area contributed by atoms with Gasteiger partial charge in [0.2, 0.25) is 11.8 Å². The summed E-state index contributed by atoms with van der Waals surface area (Å²) in [5, 5.41) is 9.45. The van der Waals surface area contributed by atoms with E-state index in [0.717, 1.165) is 17.3 Å². The Hall–Kier alpha value is -3.66. The predicted octanol–water partition coefficient (Wildman–Crippen LogP) is 1.36. The molecule has 3 aromatic rings. The molecule has 0 atom stereocenters. The van der Waals surface area contributed by atoms with Crippen LogP contribution in [0.1, 0.15) is 16.1 Å². The minimum atomic E-state index is -0.669. The second-order valence-corrected chi connectivity index (χ2v) is 7.35. The molecule has 0 unspecified atom stereocenters. The molecule has 3 amide bonds. The van der Waals surface area contributed by atoms with E-state index >= 15 is 0 Å². The summed E-state index contributed by atoms with van der Waals surface area (Å²) in [5.41, 5.74) is 5.82. The molecule has 1 heterocycles. The minimum absolute atomic E-state index is 0.0179. The zero-order valence-electron chi connectivity index (χ0n) is 16.0. The molecule has 30 heavy (non-hydrogen) atoms. The lowest BCUT2D eigenvalue weighted by Crippen LogP contribution is -2.43. The van der Waals surface area contributed by atoms with E-state index in [2.05, 4.69) is 26.4 Å². The van der Waals surface area contributed by atoms with Crippen molar-refractivity contribution < 1.29 is 14.4 Å². The zero-order chi connectivity index (χ0) is 21.5. The second kappa shape index (κ2) is 9.70. The highest BCUT2D eigenvalue weighted by atomic mass is 32.2. The van der Waals surface area contributed by atoms with E-state index in [-0.39, 0.29) is 23.1 Å². The van der Waals surface area contributed by atoms with Crippen molar-refractivity contribution in [1.82, 2.24) is 21.0 Å². The van der Waals surface area contributed by atoms with Gasteiger partial charge in [-0.2, -0.15) is 5.10 Å². The maximum Gasteiger partial charge on any atom is 0.290 e. The number of hydrogen-bond donors (Lipinski definition) is 4. The van der Waals surface area contributed by atoms with Crippen molar-refractivity contribution in [2.24, 2.45) is 0 Å². The maximum absolute atomic E-state index is 12.3. The molecule has 0 aliphatic carbocycles. The summed E-state index contributed by atoms with van der Waals surface area (Å²) < 4.78 is 0. The predicted molar refractivity (Wildman–Crippen MR) is 115 cm³/mol. The van der Waals surface area contributed by atoms with Crippen LogP contribution in [0.4, 0.5) is 5.69 Å². The number of carbonyl (C=O) groups excluding carboxylic acids is 3. The van der Waals surface area contributed by atoms with Gasteiger partial charge in [0.25, 0.3) is 11.5 Å². The van der Waals surface area contributed by atoms with Gasteiger partial charge in [-0.3, -0.25) is 30.0 Å². The number of amides is 3. The number of aromatic nitrogens is 2. The number of aromatic amines is 1. The molecule has 0 radical (unpaired) electrons. The highest BCUT2D eigenvalue weighted by Crippen LogP contribution is 2.12.